The zero-order valence-corrected chi connectivity index (χ0v) is 15.4. The summed E-state index contributed by atoms with van der Waals surface area (Å²) < 4.78 is 24.6. The monoisotopic (exact) mass is 390 g/mol. The number of likely N-dealkylation sites (tertiary alicyclic amines) is 1. The van der Waals surface area contributed by atoms with E-state index in [9.17, 15) is 19.7 Å². The molecule has 26 heavy (non-hydrogen) atoms. The second-order valence-electron chi connectivity index (χ2n) is 6.90. The number of aromatic nitrogens is 3. The van der Waals surface area contributed by atoms with Crippen LogP contribution in [0, 0.1) is 0 Å². The van der Waals surface area contributed by atoms with Crippen molar-refractivity contribution in [1.82, 2.24) is 14.8 Å². The van der Waals surface area contributed by atoms with E-state index in [0.717, 1.165) is 12.8 Å². The summed E-state index contributed by atoms with van der Waals surface area (Å²) in [4.78, 5) is 14.2. The lowest BCUT2D eigenvalue weighted by molar-refractivity contribution is -0.789. The van der Waals surface area contributed by atoms with E-state index in [1.807, 2.05) is 0 Å². The van der Waals surface area contributed by atoms with Gasteiger partial charge in [0.05, 0.1) is 32.4 Å². The van der Waals surface area contributed by atoms with Crippen molar-refractivity contribution in [1.29, 1.82) is 0 Å². The van der Waals surface area contributed by atoms with Crippen molar-refractivity contribution in [3.05, 3.63) is 18.7 Å². The maximum Gasteiger partial charge on any atom is 0.528 e. The van der Waals surface area contributed by atoms with E-state index in [2.05, 4.69) is 16.7 Å². The number of aliphatic hydroxyl groups excluding tert-OH is 2. The Morgan fingerprint density at radius 1 is 1.50 bits per heavy atom. The molecule has 1 unspecified atom stereocenters. The first-order valence-corrected chi connectivity index (χ1v) is 9.87. The van der Waals surface area contributed by atoms with Gasteiger partial charge < -0.3 is 20.7 Å². The predicted octanol–water partition coefficient (Wildman–Crippen LogP) is -0.816. The Morgan fingerprint density at radius 2 is 2.15 bits per heavy atom. The highest BCUT2D eigenvalue weighted by Crippen LogP contribution is 2.54. The topological polar surface area (TPSA) is 153 Å². The predicted molar refractivity (Wildman–Crippen MR) is 90.1 cm³/mol. The van der Waals surface area contributed by atoms with Gasteiger partial charge in [0.2, 0.25) is 0 Å². The second kappa shape index (κ2) is 7.01. The summed E-state index contributed by atoms with van der Waals surface area (Å²) in [6, 6.07) is 0. The first kappa shape index (κ1) is 19.4. The third-order valence-corrected chi connectivity index (χ3v) is 7.05. The molecule has 2 aliphatic heterocycles. The van der Waals surface area contributed by atoms with Crippen LogP contribution >= 0.6 is 7.75 Å². The molecule has 0 aromatic carbocycles. The number of hydrogen-bond acceptors (Lipinski definition) is 8. The molecular formula is C14H25N5O6P+. The van der Waals surface area contributed by atoms with Crippen LogP contribution in [0.2, 0.25) is 0 Å². The number of hydrogen-bond donors (Lipinski definition) is 4. The van der Waals surface area contributed by atoms with Crippen molar-refractivity contribution in [3.63, 3.8) is 0 Å². The highest BCUT2D eigenvalue weighted by Gasteiger charge is 2.50. The third-order valence-electron chi connectivity index (χ3n) is 4.94. The van der Waals surface area contributed by atoms with Crippen LogP contribution < -0.4 is 5.73 Å². The minimum atomic E-state index is -3.95. The molecule has 0 spiro atoms. The molecule has 12 heteroatoms. The summed E-state index contributed by atoms with van der Waals surface area (Å²) >= 11 is 0. The Kier molecular flexibility index (Phi) is 5.24. The van der Waals surface area contributed by atoms with Gasteiger partial charge in [0, 0.05) is 12.8 Å². The van der Waals surface area contributed by atoms with Crippen LogP contribution in [0.1, 0.15) is 24.9 Å². The summed E-state index contributed by atoms with van der Waals surface area (Å²) in [5.41, 5.74) is 5.67. The first-order chi connectivity index (χ1) is 12.1. The maximum absolute atomic E-state index is 12.6. The lowest BCUT2D eigenvalue weighted by Gasteiger charge is -2.32. The van der Waals surface area contributed by atoms with Crippen molar-refractivity contribution in [2.24, 2.45) is 5.73 Å². The molecule has 5 atom stereocenters. The third kappa shape index (κ3) is 3.44. The van der Waals surface area contributed by atoms with Gasteiger partial charge in [0.15, 0.2) is 12.1 Å². The van der Waals surface area contributed by atoms with E-state index in [-0.39, 0.29) is 22.4 Å². The molecule has 0 bridgehead atoms. The zero-order valence-electron chi connectivity index (χ0n) is 14.5. The lowest BCUT2D eigenvalue weighted by Crippen LogP contribution is -2.39. The largest absolute Gasteiger partial charge is 0.528 e. The van der Waals surface area contributed by atoms with Crippen molar-refractivity contribution in [3.8, 4) is 0 Å². The maximum atomic E-state index is 12.6. The summed E-state index contributed by atoms with van der Waals surface area (Å²) in [5, 5.41) is 24.4. The summed E-state index contributed by atoms with van der Waals surface area (Å²) in [6.07, 6.45) is -1.61. The summed E-state index contributed by atoms with van der Waals surface area (Å²) in [6.45, 7) is 4.30. The highest BCUT2D eigenvalue weighted by atomic mass is 31.2. The number of nitrogens with two attached hydrogens (primary N) is 1. The molecule has 1 aromatic rings. The van der Waals surface area contributed by atoms with Crippen molar-refractivity contribution in [2.75, 3.05) is 26.7 Å². The van der Waals surface area contributed by atoms with Crippen molar-refractivity contribution in [2.45, 2.75) is 37.4 Å². The van der Waals surface area contributed by atoms with Gasteiger partial charge in [-0.1, -0.05) is 6.58 Å². The number of rotatable bonds is 6. The van der Waals surface area contributed by atoms with Gasteiger partial charge in [-0.2, -0.15) is 0 Å². The molecule has 2 fully saturated rings. The average Bonchev–Trinajstić information content (AvgIpc) is 3.28. The van der Waals surface area contributed by atoms with E-state index in [0.29, 0.717) is 13.1 Å². The summed E-state index contributed by atoms with van der Waals surface area (Å²) in [7, 11) is -2.27. The molecule has 2 aliphatic rings. The van der Waals surface area contributed by atoms with Crippen LogP contribution in [0.25, 0.3) is 5.70 Å². The number of ether oxygens (including phenoxy) is 1. The average molecular weight is 390 g/mol. The Morgan fingerprint density at radius 3 is 2.73 bits per heavy atom. The van der Waals surface area contributed by atoms with Gasteiger partial charge in [-0.3, -0.25) is 9.42 Å². The zero-order chi connectivity index (χ0) is 19.1. The van der Waals surface area contributed by atoms with Crippen molar-refractivity contribution < 1.29 is 33.2 Å². The minimum Gasteiger partial charge on any atom is -0.396 e. The quantitative estimate of drug-likeness (QED) is 0.457. The van der Waals surface area contributed by atoms with Gasteiger partial charge in [0.25, 0.3) is 0 Å². The fourth-order valence-electron chi connectivity index (χ4n) is 3.21. The van der Waals surface area contributed by atoms with Crippen LogP contribution in [-0.4, -0.2) is 79.2 Å². The first-order valence-electron chi connectivity index (χ1n) is 8.34. The minimum absolute atomic E-state index is 0.0627. The number of aliphatic hydroxyl groups is 2. The standard InChI is InChI=1S/C14H24N5O6P/c1-9(15)13-16-8-18(17-13)14-12(21)11(20)10(25-14)7-24-26(22,23)19(2)5-3-4-6-19/h8,10-12,14,20-21H,1,3-7,15H2,2H3/p+1/t10-,11-,12-,14-/m1/s1. The molecule has 146 valence electrons. The van der Waals surface area contributed by atoms with E-state index in [1.54, 1.807) is 7.05 Å². The van der Waals surface area contributed by atoms with E-state index >= 15 is 0 Å². The Labute approximate surface area is 150 Å². The van der Waals surface area contributed by atoms with Crippen LogP contribution in [0.3, 0.4) is 0 Å². The van der Waals surface area contributed by atoms with E-state index in [1.165, 1.54) is 11.0 Å². The van der Waals surface area contributed by atoms with Gasteiger partial charge >= 0.3 is 7.75 Å². The molecule has 2 saturated heterocycles. The Bertz CT molecular complexity index is 720. The second-order valence-corrected chi connectivity index (χ2v) is 9.10. The number of quaternary nitrogens is 1. The van der Waals surface area contributed by atoms with Crippen LogP contribution in [-0.2, 0) is 13.8 Å². The fraction of sp³-hybridized carbons (Fsp3) is 0.714. The normalized spacial score (nSPS) is 33.2. The molecule has 1 aromatic heterocycles. The van der Waals surface area contributed by atoms with Gasteiger partial charge in [-0.05, 0) is 0 Å². The molecule has 0 amide bonds. The summed E-state index contributed by atoms with van der Waals surface area (Å²) in [5.74, 6) is 0.182. The molecule has 5 N–H and O–H groups in total. The molecule has 0 aliphatic carbocycles. The van der Waals surface area contributed by atoms with E-state index < -0.39 is 32.3 Å². The lowest BCUT2D eigenvalue weighted by atomic mass is 10.1. The molecule has 0 saturated carbocycles. The smallest absolute Gasteiger partial charge is 0.396 e. The SMILES string of the molecule is C=C(N)c1ncn([C@@H]2O[C@H](COP(=O)(O)[N+]3(C)CCCC3)[C@@H](O)[C@H]2O)n1. The van der Waals surface area contributed by atoms with Crippen molar-refractivity contribution >= 4 is 13.4 Å². The molecule has 3 rings (SSSR count). The van der Waals surface area contributed by atoms with Gasteiger partial charge in [0.1, 0.15) is 24.6 Å². The van der Waals surface area contributed by atoms with Gasteiger partial charge in [-0.15, -0.1) is 5.10 Å². The number of nitrogens with zero attached hydrogens (tertiary/aromatic N) is 4. The highest BCUT2D eigenvalue weighted by molar-refractivity contribution is 7.46. The van der Waals surface area contributed by atoms with Crippen LogP contribution in [0.4, 0.5) is 0 Å². The Balaban J connectivity index is 1.66. The van der Waals surface area contributed by atoms with Crippen LogP contribution in [0.5, 0.6) is 0 Å². The molecule has 11 nitrogen and oxygen atoms in total. The Hall–Kier alpha value is -1.33. The van der Waals surface area contributed by atoms with Crippen LogP contribution in [0.15, 0.2) is 12.9 Å². The van der Waals surface area contributed by atoms with Gasteiger partial charge in [-0.25, -0.2) is 18.5 Å². The molecular weight excluding hydrogens is 365 g/mol. The fourth-order valence-corrected chi connectivity index (χ4v) is 4.62. The molecule has 3 heterocycles. The molecule has 0 radical (unpaired) electrons. The van der Waals surface area contributed by atoms with E-state index in [4.69, 9.17) is 15.0 Å².